The number of rotatable bonds is 7. The van der Waals surface area contributed by atoms with Gasteiger partial charge in [0.15, 0.2) is 0 Å². The predicted octanol–water partition coefficient (Wildman–Crippen LogP) is 3.63. The molecule has 0 aromatic heterocycles. The first kappa shape index (κ1) is 25.7. The monoisotopic (exact) mass is 526 g/mol. The lowest BCUT2D eigenvalue weighted by Gasteiger charge is -2.42. The fourth-order valence-corrected chi connectivity index (χ4v) is 6.19. The van der Waals surface area contributed by atoms with E-state index in [-0.39, 0.29) is 23.7 Å². The zero-order valence-electron chi connectivity index (χ0n) is 22.9. The number of carbonyl (C=O) groups excluding carboxylic acids is 2. The van der Waals surface area contributed by atoms with Gasteiger partial charge in [-0.15, -0.1) is 0 Å². The minimum absolute atomic E-state index is 0.117. The molecule has 2 saturated heterocycles. The summed E-state index contributed by atoms with van der Waals surface area (Å²) in [6.45, 7) is 8.20. The van der Waals surface area contributed by atoms with Crippen LogP contribution in [0.5, 0.6) is 0 Å². The Kier molecular flexibility index (Phi) is 6.53. The largest absolute Gasteiger partial charge is 0.398 e. The number of likely N-dealkylation sites (tertiary alicyclic amines) is 2. The van der Waals surface area contributed by atoms with Crippen LogP contribution in [-0.2, 0) is 9.59 Å². The molecule has 8 heteroatoms. The number of hydrogen-bond acceptors (Lipinski definition) is 6. The summed E-state index contributed by atoms with van der Waals surface area (Å²) < 4.78 is 0. The van der Waals surface area contributed by atoms with Crippen molar-refractivity contribution in [2.24, 2.45) is 16.8 Å². The summed E-state index contributed by atoms with van der Waals surface area (Å²) in [5.74, 6) is 1.68. The number of nitrogens with one attached hydrogen (secondary N) is 1. The Morgan fingerprint density at radius 1 is 1.08 bits per heavy atom. The van der Waals surface area contributed by atoms with Crippen LogP contribution in [0.15, 0.2) is 47.5 Å². The van der Waals surface area contributed by atoms with Gasteiger partial charge in [0.05, 0.1) is 0 Å². The third kappa shape index (κ3) is 4.75. The van der Waals surface area contributed by atoms with Gasteiger partial charge in [-0.1, -0.05) is 30.3 Å². The van der Waals surface area contributed by atoms with E-state index >= 15 is 0 Å². The Hall–Kier alpha value is -3.52. The molecular weight excluding hydrogens is 488 g/mol. The quantitative estimate of drug-likeness (QED) is 0.424. The van der Waals surface area contributed by atoms with Gasteiger partial charge in [-0.25, -0.2) is 0 Å². The van der Waals surface area contributed by atoms with E-state index in [1.165, 1.54) is 6.21 Å². The number of aliphatic imine (C=N–C) groups is 1. The number of carbonyl (C=O) groups is 2. The smallest absolute Gasteiger partial charge is 0.256 e. The van der Waals surface area contributed by atoms with Crippen molar-refractivity contribution < 1.29 is 9.59 Å². The average Bonchev–Trinajstić information content (AvgIpc) is 3.74. The Morgan fingerprint density at radius 2 is 1.72 bits per heavy atom. The van der Waals surface area contributed by atoms with Crippen molar-refractivity contribution >= 4 is 29.6 Å². The molecule has 0 atom stereocenters. The molecule has 4 aliphatic rings. The Morgan fingerprint density at radius 3 is 2.33 bits per heavy atom. The van der Waals surface area contributed by atoms with Crippen LogP contribution >= 0.6 is 0 Å². The fraction of sp³-hybridized carbons (Fsp3) is 0.484. The van der Waals surface area contributed by atoms with Gasteiger partial charge in [0.2, 0.25) is 5.91 Å². The van der Waals surface area contributed by atoms with Crippen molar-refractivity contribution in [1.82, 2.24) is 14.7 Å². The second kappa shape index (κ2) is 9.90. The molecule has 0 unspecified atom stereocenters. The van der Waals surface area contributed by atoms with E-state index in [4.69, 9.17) is 16.1 Å². The lowest BCUT2D eigenvalue weighted by atomic mass is 9.87. The summed E-state index contributed by atoms with van der Waals surface area (Å²) in [5, 5.41) is 7.62. The average molecular weight is 527 g/mol. The summed E-state index contributed by atoms with van der Waals surface area (Å²) in [6, 6.07) is 14.3. The third-order valence-electron chi connectivity index (χ3n) is 8.93. The number of hydrogen-bond donors (Lipinski definition) is 2. The lowest BCUT2D eigenvalue weighted by molar-refractivity contribution is -0.140. The minimum atomic E-state index is -0.692. The number of nitrogens with two attached hydrogens (primary N) is 1. The molecule has 3 fully saturated rings. The van der Waals surface area contributed by atoms with E-state index in [2.05, 4.69) is 18.7 Å². The molecule has 2 aromatic carbocycles. The molecule has 0 radical (unpaired) electrons. The van der Waals surface area contributed by atoms with E-state index in [0.29, 0.717) is 23.8 Å². The Bertz CT molecular complexity index is 1320. The molecule has 0 bridgehead atoms. The first-order valence-corrected chi connectivity index (χ1v) is 14.2. The molecule has 204 valence electrons. The normalized spacial score (nSPS) is 21.4. The molecule has 1 aliphatic carbocycles. The molecular formula is C31H38N6O2. The van der Waals surface area contributed by atoms with Crippen LogP contribution in [0.3, 0.4) is 0 Å². The number of nitrogens with zero attached hydrogens (tertiary/aromatic N) is 4. The van der Waals surface area contributed by atoms with E-state index in [1.54, 1.807) is 0 Å². The second-order valence-electron chi connectivity index (χ2n) is 12.0. The van der Waals surface area contributed by atoms with Crippen LogP contribution in [0.2, 0.25) is 0 Å². The number of benzene rings is 2. The van der Waals surface area contributed by atoms with E-state index in [1.807, 2.05) is 52.3 Å². The van der Waals surface area contributed by atoms with Gasteiger partial charge in [0, 0.05) is 73.6 Å². The van der Waals surface area contributed by atoms with Crippen molar-refractivity contribution in [2.45, 2.75) is 51.1 Å². The summed E-state index contributed by atoms with van der Waals surface area (Å²) >= 11 is 0. The van der Waals surface area contributed by atoms with Gasteiger partial charge in [-0.2, -0.15) is 0 Å². The summed E-state index contributed by atoms with van der Waals surface area (Å²) in [4.78, 5) is 38.0. The highest BCUT2D eigenvalue weighted by molar-refractivity contribution is 6.15. The maximum atomic E-state index is 14.0. The Labute approximate surface area is 230 Å². The predicted molar refractivity (Wildman–Crippen MR) is 154 cm³/mol. The molecule has 3 heterocycles. The van der Waals surface area contributed by atoms with Gasteiger partial charge in [0.25, 0.3) is 5.91 Å². The molecule has 8 nitrogen and oxygen atoms in total. The highest BCUT2D eigenvalue weighted by atomic mass is 16.2. The van der Waals surface area contributed by atoms with Crippen LogP contribution in [0.4, 0.5) is 5.69 Å². The molecule has 3 N–H and O–H groups in total. The molecule has 1 spiro atoms. The van der Waals surface area contributed by atoms with Crippen molar-refractivity contribution in [3.63, 3.8) is 0 Å². The van der Waals surface area contributed by atoms with Crippen LogP contribution in [0.25, 0.3) is 11.1 Å². The van der Waals surface area contributed by atoms with Gasteiger partial charge in [-0.3, -0.25) is 19.5 Å². The zero-order valence-corrected chi connectivity index (χ0v) is 22.9. The van der Waals surface area contributed by atoms with Gasteiger partial charge < -0.3 is 20.9 Å². The van der Waals surface area contributed by atoms with Crippen molar-refractivity contribution in [2.75, 3.05) is 38.5 Å². The molecule has 3 aliphatic heterocycles. The van der Waals surface area contributed by atoms with Gasteiger partial charge in [0.1, 0.15) is 11.4 Å². The number of amidine groups is 1. The number of piperidine rings is 1. The summed E-state index contributed by atoms with van der Waals surface area (Å²) in [5.41, 5.74) is 9.50. The first-order valence-electron chi connectivity index (χ1n) is 14.2. The first-order chi connectivity index (χ1) is 18.8. The SMILES string of the molecule is CC(C)N1CCC2(CC1)N=C(c1ccc(-c3ccc(N)c(C=N)c3)cc1)N(CC1CN(C(=O)C3CC3)C1)C2=O. The topological polar surface area (TPSA) is 106 Å². The van der Waals surface area contributed by atoms with E-state index in [0.717, 1.165) is 74.4 Å². The standard InChI is InChI=1S/C31H38N6O2/c1-20(2)35-13-11-31(12-14-35)30(39)37(19-21-17-36(18-21)29(38)24-7-8-24)28(34-31)23-5-3-22(4-6-23)25-9-10-27(33)26(15-25)16-32/h3-6,9-10,15-16,20-21,24,32H,7-8,11-14,17-19,33H2,1-2H3. The van der Waals surface area contributed by atoms with E-state index < -0.39 is 5.54 Å². The van der Waals surface area contributed by atoms with Crippen molar-refractivity contribution in [3.8, 4) is 11.1 Å². The molecule has 2 aromatic rings. The number of nitrogen functional groups attached to an aromatic ring is 1. The minimum Gasteiger partial charge on any atom is -0.398 e. The summed E-state index contributed by atoms with van der Waals surface area (Å²) in [7, 11) is 0. The van der Waals surface area contributed by atoms with Crippen LogP contribution in [0.1, 0.15) is 50.7 Å². The van der Waals surface area contributed by atoms with Gasteiger partial charge in [-0.05, 0) is 62.8 Å². The maximum Gasteiger partial charge on any atom is 0.256 e. The lowest BCUT2D eigenvalue weighted by Crippen LogP contribution is -2.57. The van der Waals surface area contributed by atoms with Crippen LogP contribution in [0, 0.1) is 17.2 Å². The molecule has 2 amide bonds. The highest BCUT2D eigenvalue weighted by Crippen LogP contribution is 2.38. The highest BCUT2D eigenvalue weighted by Gasteiger charge is 2.51. The van der Waals surface area contributed by atoms with Crippen LogP contribution < -0.4 is 5.73 Å². The molecule has 1 saturated carbocycles. The molecule has 6 rings (SSSR count). The van der Waals surface area contributed by atoms with Gasteiger partial charge >= 0.3 is 0 Å². The van der Waals surface area contributed by atoms with E-state index in [9.17, 15) is 9.59 Å². The third-order valence-corrected chi connectivity index (χ3v) is 8.93. The van der Waals surface area contributed by atoms with Crippen LogP contribution in [-0.4, -0.2) is 82.9 Å². The Balaban J connectivity index is 1.25. The zero-order chi connectivity index (χ0) is 27.3. The van der Waals surface area contributed by atoms with Crippen molar-refractivity contribution in [1.29, 1.82) is 5.41 Å². The maximum absolute atomic E-state index is 14.0. The number of anilines is 1. The number of amides is 2. The fourth-order valence-electron chi connectivity index (χ4n) is 6.19. The molecule has 39 heavy (non-hydrogen) atoms. The van der Waals surface area contributed by atoms with Crippen molar-refractivity contribution in [3.05, 3.63) is 53.6 Å². The second-order valence-corrected chi connectivity index (χ2v) is 12.0. The summed E-state index contributed by atoms with van der Waals surface area (Å²) in [6.07, 6.45) is 4.78.